The maximum Gasteiger partial charge on any atom is 0.345 e. The molecule has 12 heavy (non-hydrogen) atoms. The smallest absolute Gasteiger partial charge is 0.310 e. The van der Waals surface area contributed by atoms with Gasteiger partial charge in [-0.2, -0.15) is 0 Å². The second-order valence-electron chi connectivity index (χ2n) is 3.31. The molecule has 1 aromatic rings. The van der Waals surface area contributed by atoms with Crippen molar-refractivity contribution in [3.8, 4) is 0 Å². The van der Waals surface area contributed by atoms with E-state index in [1.165, 1.54) is 25.7 Å². The van der Waals surface area contributed by atoms with E-state index in [0.717, 1.165) is 5.69 Å². The monoisotopic (exact) mass is 164 g/mol. The van der Waals surface area contributed by atoms with Crippen LogP contribution < -0.4 is 5.69 Å². The predicted molar refractivity (Wildman–Crippen MR) is 46.1 cm³/mol. The van der Waals surface area contributed by atoms with Crippen molar-refractivity contribution in [3.05, 3.63) is 28.4 Å². The molecule has 0 spiro atoms. The van der Waals surface area contributed by atoms with Gasteiger partial charge < -0.3 is 4.98 Å². The maximum absolute atomic E-state index is 10.9. The molecule has 1 saturated carbocycles. The Morgan fingerprint density at radius 1 is 1.42 bits per heavy atom. The number of nitrogens with zero attached hydrogens (tertiary/aromatic N) is 1. The van der Waals surface area contributed by atoms with Gasteiger partial charge in [-0.25, -0.2) is 9.78 Å². The third-order valence-corrected chi connectivity index (χ3v) is 2.49. The Kier molecular flexibility index (Phi) is 1.94. The van der Waals surface area contributed by atoms with Crippen LogP contribution in [0.15, 0.2) is 17.1 Å². The van der Waals surface area contributed by atoms with Gasteiger partial charge in [0.05, 0.1) is 0 Å². The number of nitrogens with one attached hydrogen (secondary N) is 1. The van der Waals surface area contributed by atoms with Crippen LogP contribution in [0.2, 0.25) is 0 Å². The molecule has 2 rings (SSSR count). The van der Waals surface area contributed by atoms with Crippen LogP contribution in [0.5, 0.6) is 0 Å². The van der Waals surface area contributed by atoms with Crippen LogP contribution in [0.1, 0.15) is 37.3 Å². The first-order valence-corrected chi connectivity index (χ1v) is 4.41. The van der Waals surface area contributed by atoms with Gasteiger partial charge >= 0.3 is 5.69 Å². The van der Waals surface area contributed by atoms with Gasteiger partial charge in [-0.3, -0.25) is 0 Å². The van der Waals surface area contributed by atoms with Gasteiger partial charge in [0.15, 0.2) is 0 Å². The van der Waals surface area contributed by atoms with Crippen LogP contribution in [0.3, 0.4) is 0 Å². The molecule has 1 heterocycles. The average molecular weight is 164 g/mol. The zero-order valence-corrected chi connectivity index (χ0v) is 6.92. The molecule has 0 aliphatic heterocycles. The third kappa shape index (κ3) is 1.40. The fraction of sp³-hybridized carbons (Fsp3) is 0.556. The Hall–Kier alpha value is -1.12. The lowest BCUT2D eigenvalue weighted by Crippen LogP contribution is -2.12. The molecular weight excluding hydrogens is 152 g/mol. The van der Waals surface area contributed by atoms with Crippen molar-refractivity contribution in [2.24, 2.45) is 0 Å². The zero-order valence-electron chi connectivity index (χ0n) is 6.92. The summed E-state index contributed by atoms with van der Waals surface area (Å²) in [6.45, 7) is 0. The van der Waals surface area contributed by atoms with E-state index in [0.29, 0.717) is 5.92 Å². The lowest BCUT2D eigenvalue weighted by Gasteiger charge is -2.06. The first kappa shape index (κ1) is 7.53. The number of rotatable bonds is 1. The van der Waals surface area contributed by atoms with E-state index in [2.05, 4.69) is 9.97 Å². The fourth-order valence-electron chi connectivity index (χ4n) is 1.86. The highest BCUT2D eigenvalue weighted by molar-refractivity contribution is 5.06. The van der Waals surface area contributed by atoms with Gasteiger partial charge in [-0.1, -0.05) is 12.8 Å². The van der Waals surface area contributed by atoms with Crippen LogP contribution in [0.25, 0.3) is 0 Å². The van der Waals surface area contributed by atoms with Crippen LogP contribution in [-0.4, -0.2) is 9.97 Å². The maximum atomic E-state index is 10.9. The molecule has 3 nitrogen and oxygen atoms in total. The first-order chi connectivity index (χ1) is 5.86. The topological polar surface area (TPSA) is 45.8 Å². The second-order valence-corrected chi connectivity index (χ2v) is 3.31. The number of hydrogen-bond acceptors (Lipinski definition) is 2. The highest BCUT2D eigenvalue weighted by atomic mass is 16.1. The van der Waals surface area contributed by atoms with E-state index in [-0.39, 0.29) is 5.69 Å². The highest BCUT2D eigenvalue weighted by Gasteiger charge is 2.17. The Morgan fingerprint density at radius 2 is 2.17 bits per heavy atom. The molecule has 0 unspecified atom stereocenters. The Bertz CT molecular complexity index is 312. The normalized spacial score (nSPS) is 18.3. The van der Waals surface area contributed by atoms with Gasteiger partial charge in [-0.05, 0) is 24.8 Å². The van der Waals surface area contributed by atoms with Crippen molar-refractivity contribution in [2.75, 3.05) is 0 Å². The predicted octanol–water partition coefficient (Wildman–Crippen LogP) is 1.43. The molecular formula is C9H12N2O. The minimum Gasteiger partial charge on any atom is -0.310 e. The molecule has 0 bridgehead atoms. The van der Waals surface area contributed by atoms with Gasteiger partial charge in [0.2, 0.25) is 0 Å². The lowest BCUT2D eigenvalue weighted by molar-refractivity contribution is 0.688. The van der Waals surface area contributed by atoms with E-state index in [4.69, 9.17) is 0 Å². The molecule has 1 aliphatic rings. The van der Waals surface area contributed by atoms with E-state index >= 15 is 0 Å². The summed E-state index contributed by atoms with van der Waals surface area (Å²) >= 11 is 0. The van der Waals surface area contributed by atoms with Crippen LogP contribution in [0, 0.1) is 0 Å². The van der Waals surface area contributed by atoms with E-state index in [9.17, 15) is 4.79 Å². The lowest BCUT2D eigenvalue weighted by atomic mass is 10.0. The molecule has 1 aliphatic carbocycles. The molecule has 0 radical (unpaired) electrons. The van der Waals surface area contributed by atoms with Crippen molar-refractivity contribution in [2.45, 2.75) is 31.6 Å². The summed E-state index contributed by atoms with van der Waals surface area (Å²) in [5.74, 6) is 0.570. The largest absolute Gasteiger partial charge is 0.345 e. The minimum absolute atomic E-state index is 0.223. The number of aromatic nitrogens is 2. The summed E-state index contributed by atoms with van der Waals surface area (Å²) in [7, 11) is 0. The van der Waals surface area contributed by atoms with Crippen molar-refractivity contribution in [1.29, 1.82) is 0 Å². The number of H-pyrrole nitrogens is 1. The first-order valence-electron chi connectivity index (χ1n) is 4.41. The SMILES string of the molecule is O=c1nccc(C2CCCC2)[nH]1. The Labute approximate surface area is 70.9 Å². The zero-order chi connectivity index (χ0) is 8.39. The van der Waals surface area contributed by atoms with Crippen LogP contribution in [0.4, 0.5) is 0 Å². The summed E-state index contributed by atoms with van der Waals surface area (Å²) in [4.78, 5) is 17.3. The molecule has 0 aromatic carbocycles. The van der Waals surface area contributed by atoms with E-state index in [1.807, 2.05) is 6.07 Å². The molecule has 64 valence electrons. The highest BCUT2D eigenvalue weighted by Crippen LogP contribution is 2.31. The Balaban J connectivity index is 2.27. The molecule has 3 heteroatoms. The average Bonchev–Trinajstić information content (AvgIpc) is 2.56. The van der Waals surface area contributed by atoms with Crippen molar-refractivity contribution >= 4 is 0 Å². The minimum atomic E-state index is -0.223. The van der Waals surface area contributed by atoms with E-state index < -0.39 is 0 Å². The molecule has 1 N–H and O–H groups in total. The molecule has 0 saturated heterocycles. The molecule has 1 aromatic heterocycles. The molecule has 1 fully saturated rings. The Morgan fingerprint density at radius 3 is 2.83 bits per heavy atom. The molecule has 0 atom stereocenters. The van der Waals surface area contributed by atoms with Gasteiger partial charge in [-0.15, -0.1) is 0 Å². The van der Waals surface area contributed by atoms with E-state index in [1.54, 1.807) is 6.20 Å². The van der Waals surface area contributed by atoms with Crippen molar-refractivity contribution in [1.82, 2.24) is 9.97 Å². The fourth-order valence-corrected chi connectivity index (χ4v) is 1.86. The summed E-state index contributed by atoms with van der Waals surface area (Å²) in [6.07, 6.45) is 6.58. The van der Waals surface area contributed by atoms with Crippen LogP contribution in [-0.2, 0) is 0 Å². The molecule has 0 amide bonds. The third-order valence-electron chi connectivity index (χ3n) is 2.49. The van der Waals surface area contributed by atoms with Crippen LogP contribution >= 0.6 is 0 Å². The summed E-state index contributed by atoms with van der Waals surface area (Å²) in [6, 6.07) is 1.91. The number of aromatic amines is 1. The van der Waals surface area contributed by atoms with Crippen molar-refractivity contribution in [3.63, 3.8) is 0 Å². The van der Waals surface area contributed by atoms with Gasteiger partial charge in [0.1, 0.15) is 0 Å². The second kappa shape index (κ2) is 3.09. The summed E-state index contributed by atoms with van der Waals surface area (Å²) in [5, 5.41) is 0. The summed E-state index contributed by atoms with van der Waals surface area (Å²) < 4.78 is 0. The number of hydrogen-bond donors (Lipinski definition) is 1. The van der Waals surface area contributed by atoms with Gasteiger partial charge in [0.25, 0.3) is 0 Å². The quantitative estimate of drug-likeness (QED) is 0.682. The summed E-state index contributed by atoms with van der Waals surface area (Å²) in [5.41, 5.74) is 0.840. The standard InChI is InChI=1S/C9H12N2O/c12-9-10-6-5-8(11-9)7-3-1-2-4-7/h5-7H,1-4H2,(H,10,11,12). The van der Waals surface area contributed by atoms with Crippen molar-refractivity contribution < 1.29 is 0 Å². The van der Waals surface area contributed by atoms with Gasteiger partial charge in [0, 0.05) is 11.9 Å².